The molecule has 1 atom stereocenters. The number of benzene rings is 3. The molecule has 1 aliphatic carbocycles. The van der Waals surface area contributed by atoms with Crippen LogP contribution in [0.15, 0.2) is 77.7 Å². The normalized spacial score (nSPS) is 15.9. The lowest BCUT2D eigenvalue weighted by Gasteiger charge is -2.25. The molecule has 0 radical (unpaired) electrons. The second-order valence-electron chi connectivity index (χ2n) is 8.18. The van der Waals surface area contributed by atoms with Gasteiger partial charge in [-0.3, -0.25) is 0 Å². The molecule has 4 nitrogen and oxygen atoms in total. The second-order valence-corrected chi connectivity index (χ2v) is 9.95. The van der Waals surface area contributed by atoms with Gasteiger partial charge in [0.15, 0.2) is 0 Å². The van der Waals surface area contributed by atoms with Crippen molar-refractivity contribution in [2.75, 3.05) is 6.54 Å². The van der Waals surface area contributed by atoms with Crippen molar-refractivity contribution in [3.8, 4) is 11.1 Å². The monoisotopic (exact) mass is 421 g/mol. The lowest BCUT2D eigenvalue weighted by atomic mass is 9.92. The zero-order valence-corrected chi connectivity index (χ0v) is 18.0. The third-order valence-electron chi connectivity index (χ3n) is 5.85. The van der Waals surface area contributed by atoms with Crippen LogP contribution in [0, 0.1) is 0 Å². The molecule has 156 valence electrons. The maximum Gasteiger partial charge on any atom is 0.240 e. The Hall–Kier alpha value is -2.47. The fourth-order valence-corrected chi connectivity index (χ4v) is 5.13. The molecule has 0 bridgehead atoms. The first-order valence-corrected chi connectivity index (χ1v) is 11.8. The highest BCUT2D eigenvalue weighted by Gasteiger charge is 2.27. The highest BCUT2D eigenvalue weighted by atomic mass is 32.2. The summed E-state index contributed by atoms with van der Waals surface area (Å²) in [5.74, 6) is 0. The molecule has 0 aliphatic heterocycles. The first-order valence-electron chi connectivity index (χ1n) is 10.3. The standard InChI is InChI=1S/C25H27NO3S/c1-25(27,23-14-11-21(12-15-23)19-7-3-2-4-8-19)18-26-30(28,29)24-16-13-20-9-5-6-10-22(20)17-24/h2-4,7-8,11-17,26-27H,5-6,9-10,18H2,1H3. The van der Waals surface area contributed by atoms with Gasteiger partial charge in [-0.15, -0.1) is 0 Å². The van der Waals surface area contributed by atoms with Gasteiger partial charge < -0.3 is 5.11 Å². The van der Waals surface area contributed by atoms with Crippen LogP contribution in [-0.2, 0) is 28.5 Å². The van der Waals surface area contributed by atoms with Gasteiger partial charge in [-0.25, -0.2) is 13.1 Å². The van der Waals surface area contributed by atoms with Crippen molar-refractivity contribution in [1.29, 1.82) is 0 Å². The van der Waals surface area contributed by atoms with Gasteiger partial charge in [-0.1, -0.05) is 60.7 Å². The molecular weight excluding hydrogens is 394 g/mol. The number of fused-ring (bicyclic) bond motifs is 1. The summed E-state index contributed by atoms with van der Waals surface area (Å²) in [7, 11) is -3.70. The summed E-state index contributed by atoms with van der Waals surface area (Å²) in [5.41, 5.74) is 3.84. The number of nitrogens with one attached hydrogen (secondary N) is 1. The maximum absolute atomic E-state index is 12.8. The minimum absolute atomic E-state index is 0.100. The van der Waals surface area contributed by atoms with Crippen molar-refractivity contribution >= 4 is 10.0 Å². The summed E-state index contributed by atoms with van der Waals surface area (Å²) >= 11 is 0. The number of aliphatic hydroxyl groups is 1. The fourth-order valence-electron chi connectivity index (χ4n) is 3.95. The second kappa shape index (κ2) is 8.34. The molecular formula is C25H27NO3S. The molecule has 0 aromatic heterocycles. The predicted molar refractivity (Wildman–Crippen MR) is 120 cm³/mol. The summed E-state index contributed by atoms with van der Waals surface area (Å²) in [6, 6.07) is 22.9. The largest absolute Gasteiger partial charge is 0.384 e. The quantitative estimate of drug-likeness (QED) is 0.619. The molecule has 5 heteroatoms. The van der Waals surface area contributed by atoms with Crippen molar-refractivity contribution < 1.29 is 13.5 Å². The van der Waals surface area contributed by atoms with E-state index in [2.05, 4.69) is 4.72 Å². The molecule has 0 saturated carbocycles. The highest BCUT2D eigenvalue weighted by Crippen LogP contribution is 2.27. The Kier molecular flexibility index (Phi) is 5.78. The van der Waals surface area contributed by atoms with Crippen molar-refractivity contribution in [1.82, 2.24) is 4.72 Å². The Morgan fingerprint density at radius 3 is 2.20 bits per heavy atom. The molecule has 0 spiro atoms. The summed E-state index contributed by atoms with van der Waals surface area (Å²) in [6.07, 6.45) is 4.18. The molecule has 3 aromatic rings. The Labute approximate surface area is 178 Å². The van der Waals surface area contributed by atoms with E-state index < -0.39 is 15.6 Å². The molecule has 0 amide bonds. The zero-order valence-electron chi connectivity index (χ0n) is 17.1. The third kappa shape index (κ3) is 4.48. The molecule has 0 fully saturated rings. The first-order chi connectivity index (χ1) is 14.4. The topological polar surface area (TPSA) is 66.4 Å². The molecule has 30 heavy (non-hydrogen) atoms. The number of hydrogen-bond donors (Lipinski definition) is 2. The molecule has 0 saturated heterocycles. The Morgan fingerprint density at radius 1 is 0.867 bits per heavy atom. The third-order valence-corrected chi connectivity index (χ3v) is 7.25. The van der Waals surface area contributed by atoms with Crippen molar-refractivity contribution in [3.05, 3.63) is 89.5 Å². The predicted octanol–water partition coefficient (Wildman–Crippen LogP) is 4.42. The maximum atomic E-state index is 12.8. The summed E-state index contributed by atoms with van der Waals surface area (Å²) in [6.45, 7) is 1.52. The van der Waals surface area contributed by atoms with Crippen LogP contribution < -0.4 is 4.72 Å². The van der Waals surface area contributed by atoms with Crippen LogP contribution in [0.3, 0.4) is 0 Å². The molecule has 0 heterocycles. The van der Waals surface area contributed by atoms with Gasteiger partial charge >= 0.3 is 0 Å². The lowest BCUT2D eigenvalue weighted by molar-refractivity contribution is 0.0627. The average molecular weight is 422 g/mol. The van der Waals surface area contributed by atoms with Crippen LogP contribution >= 0.6 is 0 Å². The number of hydrogen-bond acceptors (Lipinski definition) is 3. The summed E-state index contributed by atoms with van der Waals surface area (Å²) in [4.78, 5) is 0.262. The Morgan fingerprint density at radius 2 is 1.50 bits per heavy atom. The van der Waals surface area contributed by atoms with E-state index in [0.717, 1.165) is 42.4 Å². The van der Waals surface area contributed by atoms with Crippen LogP contribution in [0.2, 0.25) is 0 Å². The Balaban J connectivity index is 1.48. The minimum atomic E-state index is -3.70. The van der Waals surface area contributed by atoms with E-state index in [9.17, 15) is 13.5 Å². The fraction of sp³-hybridized carbons (Fsp3) is 0.280. The molecule has 4 rings (SSSR count). The average Bonchev–Trinajstić information content (AvgIpc) is 2.78. The van der Waals surface area contributed by atoms with Gasteiger partial charge in [-0.05, 0) is 72.6 Å². The lowest BCUT2D eigenvalue weighted by Crippen LogP contribution is -2.38. The highest BCUT2D eigenvalue weighted by molar-refractivity contribution is 7.89. The van der Waals surface area contributed by atoms with E-state index in [-0.39, 0.29) is 11.4 Å². The van der Waals surface area contributed by atoms with Crippen LogP contribution in [-0.4, -0.2) is 20.1 Å². The first kappa shape index (κ1) is 20.8. The van der Waals surface area contributed by atoms with Crippen LogP contribution in [0.1, 0.15) is 36.5 Å². The summed E-state index contributed by atoms with van der Waals surface area (Å²) in [5, 5.41) is 10.9. The van der Waals surface area contributed by atoms with Gasteiger partial charge in [-0.2, -0.15) is 0 Å². The van der Waals surface area contributed by atoms with E-state index in [0.29, 0.717) is 5.56 Å². The number of aryl methyl sites for hydroxylation is 2. The van der Waals surface area contributed by atoms with E-state index >= 15 is 0 Å². The van der Waals surface area contributed by atoms with Crippen molar-refractivity contribution in [3.63, 3.8) is 0 Å². The van der Waals surface area contributed by atoms with Crippen molar-refractivity contribution in [2.24, 2.45) is 0 Å². The van der Waals surface area contributed by atoms with E-state index in [4.69, 9.17) is 0 Å². The van der Waals surface area contributed by atoms with E-state index in [1.807, 2.05) is 60.7 Å². The van der Waals surface area contributed by atoms with Gasteiger partial charge in [0.25, 0.3) is 0 Å². The zero-order chi connectivity index (χ0) is 21.2. The van der Waals surface area contributed by atoms with Crippen LogP contribution in [0.5, 0.6) is 0 Å². The summed E-state index contributed by atoms with van der Waals surface area (Å²) < 4.78 is 28.2. The van der Waals surface area contributed by atoms with Crippen LogP contribution in [0.25, 0.3) is 11.1 Å². The smallest absolute Gasteiger partial charge is 0.240 e. The SMILES string of the molecule is CC(O)(CNS(=O)(=O)c1ccc2c(c1)CCCC2)c1ccc(-c2ccccc2)cc1. The molecule has 2 N–H and O–H groups in total. The van der Waals surface area contributed by atoms with E-state index in [1.165, 1.54) is 5.56 Å². The van der Waals surface area contributed by atoms with Crippen molar-refractivity contribution in [2.45, 2.75) is 43.1 Å². The Bertz CT molecular complexity index is 1120. The van der Waals surface area contributed by atoms with E-state index in [1.54, 1.807) is 19.1 Å². The van der Waals surface area contributed by atoms with Crippen LogP contribution in [0.4, 0.5) is 0 Å². The molecule has 1 unspecified atom stereocenters. The number of sulfonamides is 1. The van der Waals surface area contributed by atoms with Gasteiger partial charge in [0.1, 0.15) is 5.60 Å². The van der Waals surface area contributed by atoms with Gasteiger partial charge in [0.05, 0.1) is 4.90 Å². The molecule has 3 aromatic carbocycles. The number of rotatable bonds is 6. The minimum Gasteiger partial charge on any atom is -0.384 e. The van der Waals surface area contributed by atoms with Gasteiger partial charge in [0.2, 0.25) is 10.0 Å². The molecule has 1 aliphatic rings. The van der Waals surface area contributed by atoms with Gasteiger partial charge in [0, 0.05) is 6.54 Å².